The number of halogens is 1. The van der Waals surface area contributed by atoms with Gasteiger partial charge in [-0.15, -0.1) is 11.6 Å². The van der Waals surface area contributed by atoms with E-state index in [2.05, 4.69) is 9.80 Å². The van der Waals surface area contributed by atoms with Gasteiger partial charge in [0.1, 0.15) is 0 Å². The molecule has 0 radical (unpaired) electrons. The molecule has 1 aromatic carbocycles. The van der Waals surface area contributed by atoms with E-state index in [4.69, 9.17) is 16.7 Å². The Hall–Kier alpha value is -1.21. The van der Waals surface area contributed by atoms with E-state index in [9.17, 15) is 10.1 Å². The Bertz CT molecular complexity index is 478. The van der Waals surface area contributed by atoms with Crippen LogP contribution in [-0.4, -0.2) is 65.7 Å². The fourth-order valence-corrected chi connectivity index (χ4v) is 2.83. The molecule has 0 bridgehead atoms. The maximum Gasteiger partial charge on any atom is 0.269 e. The summed E-state index contributed by atoms with van der Waals surface area (Å²) in [4.78, 5) is 14.9. The summed E-state index contributed by atoms with van der Waals surface area (Å²) in [5.41, 5.74) is 0.856. The van der Waals surface area contributed by atoms with Crippen LogP contribution in [0.3, 0.4) is 0 Å². The number of β-amino-alcohol motifs (C(OH)–C–C–N with tert-alkyl or cyclic N) is 1. The third kappa shape index (κ3) is 4.64. The predicted molar refractivity (Wildman–Crippen MR) is 81.7 cm³/mol. The van der Waals surface area contributed by atoms with Crippen molar-refractivity contribution in [3.05, 3.63) is 39.9 Å². The molecule has 1 fully saturated rings. The number of aliphatic hydroxyl groups is 1. The number of aliphatic hydroxyl groups excluding tert-OH is 1. The fraction of sp³-hybridized carbons (Fsp3) is 0.571. The Morgan fingerprint density at radius 1 is 1.29 bits per heavy atom. The molecule has 1 heterocycles. The largest absolute Gasteiger partial charge is 0.395 e. The second kappa shape index (κ2) is 7.70. The zero-order chi connectivity index (χ0) is 15.2. The summed E-state index contributed by atoms with van der Waals surface area (Å²) in [5, 5.41) is 19.5. The number of benzene rings is 1. The van der Waals surface area contributed by atoms with Gasteiger partial charge in [-0.25, -0.2) is 0 Å². The number of nitro benzene ring substituents is 1. The van der Waals surface area contributed by atoms with Crippen molar-refractivity contribution in [1.29, 1.82) is 0 Å². The number of alkyl halides is 1. The zero-order valence-electron chi connectivity index (χ0n) is 11.8. The summed E-state index contributed by atoms with van der Waals surface area (Å²) < 4.78 is 0. The number of rotatable bonds is 6. The molecule has 1 aliphatic heterocycles. The van der Waals surface area contributed by atoms with Gasteiger partial charge < -0.3 is 5.11 Å². The van der Waals surface area contributed by atoms with Crippen molar-refractivity contribution in [2.24, 2.45) is 0 Å². The molecule has 1 aliphatic rings. The van der Waals surface area contributed by atoms with Gasteiger partial charge in [0.05, 0.1) is 16.9 Å². The topological polar surface area (TPSA) is 69.9 Å². The molecule has 21 heavy (non-hydrogen) atoms. The number of hydrogen-bond acceptors (Lipinski definition) is 5. The van der Waals surface area contributed by atoms with Crippen LogP contribution in [0.2, 0.25) is 0 Å². The van der Waals surface area contributed by atoms with E-state index in [1.165, 1.54) is 6.07 Å². The van der Waals surface area contributed by atoms with Crippen LogP contribution in [0.15, 0.2) is 24.3 Å². The van der Waals surface area contributed by atoms with Gasteiger partial charge >= 0.3 is 0 Å². The summed E-state index contributed by atoms with van der Waals surface area (Å²) in [6, 6.07) is 6.51. The van der Waals surface area contributed by atoms with Gasteiger partial charge in [0.15, 0.2) is 0 Å². The first-order valence-electron chi connectivity index (χ1n) is 7.04. The molecule has 1 N–H and O–H groups in total. The van der Waals surface area contributed by atoms with Gasteiger partial charge in [0, 0.05) is 51.4 Å². The molecular weight excluding hydrogens is 294 g/mol. The Labute approximate surface area is 129 Å². The van der Waals surface area contributed by atoms with Gasteiger partial charge in [-0.2, -0.15) is 0 Å². The lowest BCUT2D eigenvalue weighted by Gasteiger charge is -2.35. The van der Waals surface area contributed by atoms with Gasteiger partial charge in [-0.05, 0) is 5.56 Å². The molecule has 0 aliphatic carbocycles. The van der Waals surface area contributed by atoms with Crippen molar-refractivity contribution in [3.8, 4) is 0 Å². The third-order valence-corrected chi connectivity index (χ3v) is 4.13. The lowest BCUT2D eigenvalue weighted by Crippen LogP contribution is -2.47. The van der Waals surface area contributed by atoms with Crippen molar-refractivity contribution in [2.75, 3.05) is 45.9 Å². The minimum absolute atomic E-state index is 0.0749. The summed E-state index contributed by atoms with van der Waals surface area (Å²) in [5.74, 6) is 0. The highest BCUT2D eigenvalue weighted by Gasteiger charge is 2.20. The van der Waals surface area contributed by atoms with E-state index in [-0.39, 0.29) is 17.7 Å². The summed E-state index contributed by atoms with van der Waals surface area (Å²) >= 11 is 6.40. The Balaban J connectivity index is 1.89. The average Bonchev–Trinajstić information content (AvgIpc) is 2.49. The van der Waals surface area contributed by atoms with Crippen molar-refractivity contribution >= 4 is 17.3 Å². The molecule has 0 spiro atoms. The summed E-state index contributed by atoms with van der Waals surface area (Å²) in [6.07, 6.45) is 0. The molecule has 0 aromatic heterocycles. The number of nitro groups is 1. The van der Waals surface area contributed by atoms with Crippen molar-refractivity contribution in [2.45, 2.75) is 5.38 Å². The predicted octanol–water partition coefficient (Wildman–Crippen LogP) is 1.48. The normalized spacial score (nSPS) is 18.6. The van der Waals surface area contributed by atoms with E-state index in [1.807, 2.05) is 6.07 Å². The fourth-order valence-electron chi connectivity index (χ4n) is 2.50. The number of piperazine rings is 1. The molecule has 6 nitrogen and oxygen atoms in total. The maximum absolute atomic E-state index is 10.8. The van der Waals surface area contributed by atoms with Crippen molar-refractivity contribution in [1.82, 2.24) is 9.80 Å². The van der Waals surface area contributed by atoms with Crippen LogP contribution in [0, 0.1) is 10.1 Å². The lowest BCUT2D eigenvalue weighted by molar-refractivity contribution is -0.384. The molecule has 0 amide bonds. The quantitative estimate of drug-likeness (QED) is 0.489. The lowest BCUT2D eigenvalue weighted by atomic mass is 10.1. The van der Waals surface area contributed by atoms with Crippen molar-refractivity contribution in [3.63, 3.8) is 0 Å². The molecular formula is C14H20ClN3O3. The second-order valence-electron chi connectivity index (χ2n) is 5.19. The first kappa shape index (κ1) is 16.2. The number of non-ortho nitro benzene ring substituents is 1. The van der Waals surface area contributed by atoms with E-state index >= 15 is 0 Å². The van der Waals surface area contributed by atoms with Crippen LogP contribution in [-0.2, 0) is 0 Å². The minimum Gasteiger partial charge on any atom is -0.395 e. The van der Waals surface area contributed by atoms with Crippen LogP contribution < -0.4 is 0 Å². The van der Waals surface area contributed by atoms with E-state index in [0.29, 0.717) is 13.1 Å². The minimum atomic E-state index is -0.402. The van der Waals surface area contributed by atoms with Crippen LogP contribution in [0.1, 0.15) is 10.9 Å². The highest BCUT2D eigenvalue weighted by atomic mass is 35.5. The highest BCUT2D eigenvalue weighted by Crippen LogP contribution is 2.25. The molecule has 1 unspecified atom stereocenters. The first-order chi connectivity index (χ1) is 10.1. The first-order valence-corrected chi connectivity index (χ1v) is 7.48. The Kier molecular flexibility index (Phi) is 5.93. The summed E-state index contributed by atoms with van der Waals surface area (Å²) in [7, 11) is 0. The average molecular weight is 314 g/mol. The maximum atomic E-state index is 10.8. The van der Waals surface area contributed by atoms with Crippen molar-refractivity contribution < 1.29 is 10.0 Å². The van der Waals surface area contributed by atoms with E-state index < -0.39 is 4.92 Å². The molecule has 1 atom stereocenters. The Morgan fingerprint density at radius 2 is 1.95 bits per heavy atom. The van der Waals surface area contributed by atoms with Crippen LogP contribution >= 0.6 is 11.6 Å². The van der Waals surface area contributed by atoms with Gasteiger partial charge in [-0.3, -0.25) is 19.9 Å². The van der Waals surface area contributed by atoms with E-state index in [0.717, 1.165) is 31.7 Å². The number of hydrogen-bond donors (Lipinski definition) is 1. The Morgan fingerprint density at radius 3 is 2.57 bits per heavy atom. The molecule has 1 aromatic rings. The third-order valence-electron chi connectivity index (χ3n) is 3.74. The zero-order valence-corrected chi connectivity index (χ0v) is 12.6. The second-order valence-corrected chi connectivity index (χ2v) is 5.71. The van der Waals surface area contributed by atoms with Crippen LogP contribution in [0.5, 0.6) is 0 Å². The highest BCUT2D eigenvalue weighted by molar-refractivity contribution is 6.21. The molecule has 0 saturated carbocycles. The van der Waals surface area contributed by atoms with E-state index in [1.54, 1.807) is 12.1 Å². The van der Waals surface area contributed by atoms with Gasteiger partial charge in [-0.1, -0.05) is 12.1 Å². The van der Waals surface area contributed by atoms with Crippen LogP contribution in [0.25, 0.3) is 0 Å². The summed E-state index contributed by atoms with van der Waals surface area (Å²) in [6.45, 7) is 5.21. The SMILES string of the molecule is O=[N+]([O-])c1cccc(C(Cl)CN2CCN(CCO)CC2)c1. The molecule has 7 heteroatoms. The number of nitrogens with zero attached hydrogens (tertiary/aromatic N) is 3. The van der Waals surface area contributed by atoms with Gasteiger partial charge in [0.2, 0.25) is 0 Å². The smallest absolute Gasteiger partial charge is 0.269 e. The van der Waals surface area contributed by atoms with Gasteiger partial charge in [0.25, 0.3) is 5.69 Å². The molecule has 116 valence electrons. The monoisotopic (exact) mass is 313 g/mol. The van der Waals surface area contributed by atoms with Crippen LogP contribution in [0.4, 0.5) is 5.69 Å². The standard InChI is InChI=1S/C14H20ClN3O3/c15-14(12-2-1-3-13(10-12)18(20)21)11-17-6-4-16(5-7-17)8-9-19/h1-3,10,14,19H,4-9,11H2. The molecule has 1 saturated heterocycles. The molecule has 2 rings (SSSR count).